The van der Waals surface area contributed by atoms with Crippen molar-refractivity contribution in [2.75, 3.05) is 18.5 Å². The smallest absolute Gasteiger partial charge is 0.319 e. The summed E-state index contributed by atoms with van der Waals surface area (Å²) in [7, 11) is 0. The van der Waals surface area contributed by atoms with Crippen LogP contribution in [0.15, 0.2) is 36.4 Å². The van der Waals surface area contributed by atoms with Crippen molar-refractivity contribution in [2.45, 2.75) is 45.8 Å². The van der Waals surface area contributed by atoms with Crippen molar-refractivity contribution in [1.29, 1.82) is 0 Å². The van der Waals surface area contributed by atoms with E-state index in [0.717, 1.165) is 30.7 Å². The van der Waals surface area contributed by atoms with Gasteiger partial charge in [-0.1, -0.05) is 18.2 Å². The molecule has 1 unspecified atom stereocenters. The molecule has 1 fully saturated rings. The van der Waals surface area contributed by atoms with Gasteiger partial charge in [-0.05, 0) is 57.4 Å². The van der Waals surface area contributed by atoms with Gasteiger partial charge in [-0.2, -0.15) is 0 Å². The first-order chi connectivity index (χ1) is 13.1. The highest BCUT2D eigenvalue weighted by Crippen LogP contribution is 2.36. The summed E-state index contributed by atoms with van der Waals surface area (Å²) in [6.07, 6.45) is 2.23. The number of urea groups is 1. The third-order valence-electron chi connectivity index (χ3n) is 5.41. The van der Waals surface area contributed by atoms with Crippen molar-refractivity contribution in [3.8, 4) is 0 Å². The molecule has 0 aliphatic carbocycles. The van der Waals surface area contributed by atoms with Crippen LogP contribution in [-0.2, 0) is 4.74 Å². The molecule has 2 amide bonds. The van der Waals surface area contributed by atoms with Crippen molar-refractivity contribution in [1.82, 2.24) is 9.88 Å². The summed E-state index contributed by atoms with van der Waals surface area (Å²) in [6.45, 7) is 7.83. The van der Waals surface area contributed by atoms with E-state index in [2.05, 4.69) is 66.3 Å². The molecule has 2 aromatic carbocycles. The first-order valence-corrected chi connectivity index (χ1v) is 9.75. The molecule has 3 aromatic rings. The quantitative estimate of drug-likeness (QED) is 0.685. The number of carbonyl (C=O) groups excluding carboxylic acids is 1. The van der Waals surface area contributed by atoms with Gasteiger partial charge in [-0.15, -0.1) is 0 Å². The molecule has 4 rings (SSSR count). The van der Waals surface area contributed by atoms with Crippen LogP contribution in [0.25, 0.3) is 21.8 Å². The van der Waals surface area contributed by atoms with E-state index in [9.17, 15) is 4.79 Å². The molecular weight excluding hydrogens is 338 g/mol. The van der Waals surface area contributed by atoms with Crippen LogP contribution in [-0.4, -0.2) is 29.9 Å². The first kappa shape index (κ1) is 17.9. The molecule has 0 spiro atoms. The third-order valence-corrected chi connectivity index (χ3v) is 5.41. The van der Waals surface area contributed by atoms with Crippen molar-refractivity contribution in [3.05, 3.63) is 42.0 Å². The SMILES string of the molecule is Cc1c(NC(=O)NCC2CCCO2)ccc2c1c1ccccc1n2C(C)C. The number of aryl methyl sites for hydroxylation is 1. The molecule has 0 saturated carbocycles. The van der Waals surface area contributed by atoms with Crippen LogP contribution in [0.5, 0.6) is 0 Å². The number of fused-ring (bicyclic) bond motifs is 3. The molecule has 1 saturated heterocycles. The van der Waals surface area contributed by atoms with Gasteiger partial charge in [0.05, 0.1) is 6.10 Å². The number of carbonyl (C=O) groups is 1. The van der Waals surface area contributed by atoms with E-state index in [0.29, 0.717) is 12.6 Å². The van der Waals surface area contributed by atoms with Gasteiger partial charge in [0.25, 0.3) is 0 Å². The molecule has 2 heterocycles. The second-order valence-electron chi connectivity index (χ2n) is 7.58. The Morgan fingerprint density at radius 3 is 2.78 bits per heavy atom. The fraction of sp³-hybridized carbons (Fsp3) is 0.409. The number of nitrogens with one attached hydrogen (secondary N) is 2. The lowest BCUT2D eigenvalue weighted by molar-refractivity contribution is 0.112. The molecular formula is C22H27N3O2. The average molecular weight is 365 g/mol. The molecule has 1 aromatic heterocycles. The largest absolute Gasteiger partial charge is 0.376 e. The number of benzene rings is 2. The summed E-state index contributed by atoms with van der Waals surface area (Å²) in [5.74, 6) is 0. The van der Waals surface area contributed by atoms with Crippen molar-refractivity contribution < 1.29 is 9.53 Å². The molecule has 1 atom stereocenters. The van der Waals surface area contributed by atoms with Crippen LogP contribution < -0.4 is 10.6 Å². The molecule has 27 heavy (non-hydrogen) atoms. The Bertz CT molecular complexity index is 984. The van der Waals surface area contributed by atoms with Crippen molar-refractivity contribution in [3.63, 3.8) is 0 Å². The Balaban J connectivity index is 1.65. The zero-order valence-corrected chi connectivity index (χ0v) is 16.2. The maximum Gasteiger partial charge on any atom is 0.319 e. The molecule has 1 aliphatic heterocycles. The van der Waals surface area contributed by atoms with Crippen LogP contribution in [0.4, 0.5) is 10.5 Å². The highest BCUT2D eigenvalue weighted by atomic mass is 16.5. The zero-order chi connectivity index (χ0) is 19.0. The van der Waals surface area contributed by atoms with Gasteiger partial charge in [0.1, 0.15) is 0 Å². The summed E-state index contributed by atoms with van der Waals surface area (Å²) in [6, 6.07) is 12.8. The lowest BCUT2D eigenvalue weighted by Crippen LogP contribution is -2.35. The maximum atomic E-state index is 12.4. The van der Waals surface area contributed by atoms with Gasteiger partial charge >= 0.3 is 6.03 Å². The monoisotopic (exact) mass is 365 g/mol. The first-order valence-electron chi connectivity index (χ1n) is 9.75. The van der Waals surface area contributed by atoms with E-state index in [-0.39, 0.29) is 12.1 Å². The van der Waals surface area contributed by atoms with E-state index in [1.54, 1.807) is 0 Å². The second kappa shape index (κ2) is 7.24. The van der Waals surface area contributed by atoms with Gasteiger partial charge < -0.3 is 19.9 Å². The number of ether oxygens (including phenoxy) is 1. The van der Waals surface area contributed by atoms with Gasteiger partial charge in [-0.3, -0.25) is 0 Å². The molecule has 1 aliphatic rings. The minimum Gasteiger partial charge on any atom is -0.376 e. The third kappa shape index (κ3) is 3.28. The molecule has 0 bridgehead atoms. The second-order valence-corrected chi connectivity index (χ2v) is 7.58. The average Bonchev–Trinajstić information content (AvgIpc) is 3.28. The number of hydrogen-bond acceptors (Lipinski definition) is 2. The highest BCUT2D eigenvalue weighted by Gasteiger charge is 2.18. The van der Waals surface area contributed by atoms with Crippen LogP contribution >= 0.6 is 0 Å². The van der Waals surface area contributed by atoms with Gasteiger partial charge in [-0.25, -0.2) is 4.79 Å². The van der Waals surface area contributed by atoms with Crippen LogP contribution in [0, 0.1) is 6.92 Å². The minimum absolute atomic E-state index is 0.142. The Morgan fingerprint density at radius 2 is 2.04 bits per heavy atom. The topological polar surface area (TPSA) is 55.3 Å². The number of nitrogens with zero attached hydrogens (tertiary/aromatic N) is 1. The number of para-hydroxylation sites is 1. The fourth-order valence-corrected chi connectivity index (χ4v) is 4.13. The standard InChI is InChI=1S/C22H27N3O2/c1-14(2)25-19-9-5-4-8-17(19)21-15(3)18(10-11-20(21)25)24-22(26)23-13-16-7-6-12-27-16/h4-5,8-11,14,16H,6-7,12-13H2,1-3H3,(H2,23,24,26). The predicted molar refractivity (Wildman–Crippen MR) is 111 cm³/mol. The Morgan fingerprint density at radius 1 is 1.22 bits per heavy atom. The van der Waals surface area contributed by atoms with Crippen LogP contribution in [0.1, 0.15) is 38.3 Å². The molecule has 142 valence electrons. The van der Waals surface area contributed by atoms with Crippen molar-refractivity contribution >= 4 is 33.5 Å². The van der Waals surface area contributed by atoms with E-state index < -0.39 is 0 Å². The van der Waals surface area contributed by atoms with Gasteiger partial charge in [0.15, 0.2) is 0 Å². The van der Waals surface area contributed by atoms with Crippen LogP contribution in [0.3, 0.4) is 0 Å². The number of amides is 2. The lowest BCUT2D eigenvalue weighted by Gasteiger charge is -2.15. The van der Waals surface area contributed by atoms with E-state index in [1.165, 1.54) is 21.8 Å². The summed E-state index contributed by atoms with van der Waals surface area (Å²) >= 11 is 0. The van der Waals surface area contributed by atoms with Crippen LogP contribution in [0.2, 0.25) is 0 Å². The summed E-state index contributed by atoms with van der Waals surface area (Å²) in [5, 5.41) is 8.37. The Labute approximate surface area is 159 Å². The normalized spacial score (nSPS) is 17.1. The molecule has 2 N–H and O–H groups in total. The molecule has 0 radical (unpaired) electrons. The lowest BCUT2D eigenvalue weighted by atomic mass is 10.1. The van der Waals surface area contributed by atoms with Crippen molar-refractivity contribution in [2.24, 2.45) is 0 Å². The molecule has 5 nitrogen and oxygen atoms in total. The highest BCUT2D eigenvalue weighted by molar-refractivity contribution is 6.12. The summed E-state index contributed by atoms with van der Waals surface area (Å²) in [5.41, 5.74) is 4.37. The summed E-state index contributed by atoms with van der Waals surface area (Å²) < 4.78 is 7.92. The summed E-state index contributed by atoms with van der Waals surface area (Å²) in [4.78, 5) is 12.4. The van der Waals surface area contributed by atoms with E-state index in [4.69, 9.17) is 4.74 Å². The van der Waals surface area contributed by atoms with E-state index >= 15 is 0 Å². The number of hydrogen-bond donors (Lipinski definition) is 2. The Hall–Kier alpha value is -2.53. The number of aromatic nitrogens is 1. The zero-order valence-electron chi connectivity index (χ0n) is 16.2. The maximum absolute atomic E-state index is 12.4. The molecule has 5 heteroatoms. The Kier molecular flexibility index (Phi) is 4.79. The van der Waals surface area contributed by atoms with Gasteiger partial charge in [0, 0.05) is 46.7 Å². The number of rotatable bonds is 4. The fourth-order valence-electron chi connectivity index (χ4n) is 4.13. The number of anilines is 1. The van der Waals surface area contributed by atoms with E-state index in [1.807, 2.05) is 6.07 Å². The van der Waals surface area contributed by atoms with Gasteiger partial charge in [0.2, 0.25) is 0 Å². The predicted octanol–water partition coefficient (Wildman–Crippen LogP) is 4.98. The minimum atomic E-state index is -0.180.